The van der Waals surface area contributed by atoms with Crippen LogP contribution in [0.1, 0.15) is 18.4 Å². The van der Waals surface area contributed by atoms with Crippen molar-refractivity contribution in [2.24, 2.45) is 11.8 Å². The lowest BCUT2D eigenvalue weighted by Crippen LogP contribution is -2.42. The summed E-state index contributed by atoms with van der Waals surface area (Å²) in [6.45, 7) is 1.65. The Bertz CT molecular complexity index is 890. The summed E-state index contributed by atoms with van der Waals surface area (Å²) >= 11 is 0. The number of amides is 1. The van der Waals surface area contributed by atoms with Crippen LogP contribution in [0.2, 0.25) is 0 Å². The van der Waals surface area contributed by atoms with Crippen molar-refractivity contribution < 1.29 is 24.1 Å². The number of aliphatic hydroxyl groups is 1. The van der Waals surface area contributed by atoms with E-state index in [-0.39, 0.29) is 18.8 Å². The third-order valence-corrected chi connectivity index (χ3v) is 6.15. The lowest BCUT2D eigenvalue weighted by atomic mass is 9.78. The summed E-state index contributed by atoms with van der Waals surface area (Å²) in [6.07, 6.45) is 4.36. The summed E-state index contributed by atoms with van der Waals surface area (Å²) in [4.78, 5) is 18.7. The number of ether oxygens (including phenoxy) is 3. The molecule has 1 aliphatic carbocycles. The second-order valence-electron chi connectivity index (χ2n) is 8.07. The van der Waals surface area contributed by atoms with Gasteiger partial charge >= 0.3 is 0 Å². The van der Waals surface area contributed by atoms with Crippen molar-refractivity contribution in [2.45, 2.75) is 31.5 Å². The number of aliphatic hydroxyl groups excluding tert-OH is 1. The summed E-state index contributed by atoms with van der Waals surface area (Å²) in [5.41, 5.74) is 0.927. The van der Waals surface area contributed by atoms with Crippen LogP contribution >= 0.6 is 0 Å². The smallest absolute Gasteiger partial charge is 0.231 e. The largest absolute Gasteiger partial charge is 0.488 e. The molecule has 3 heterocycles. The van der Waals surface area contributed by atoms with E-state index in [0.29, 0.717) is 48.5 Å². The van der Waals surface area contributed by atoms with Crippen molar-refractivity contribution in [3.8, 4) is 17.2 Å². The Morgan fingerprint density at radius 3 is 2.83 bits per heavy atom. The molecule has 7 nitrogen and oxygen atoms in total. The first-order chi connectivity index (χ1) is 14.2. The van der Waals surface area contributed by atoms with E-state index >= 15 is 0 Å². The van der Waals surface area contributed by atoms with Gasteiger partial charge in [0.05, 0.1) is 12.5 Å². The number of rotatable bonds is 4. The number of nitrogens with zero attached hydrogens (tertiary/aromatic N) is 2. The van der Waals surface area contributed by atoms with Gasteiger partial charge in [-0.05, 0) is 48.4 Å². The van der Waals surface area contributed by atoms with E-state index in [2.05, 4.69) is 4.98 Å². The third-order valence-electron chi connectivity index (χ3n) is 6.15. The maximum Gasteiger partial charge on any atom is 0.231 e. The molecule has 0 bridgehead atoms. The van der Waals surface area contributed by atoms with Gasteiger partial charge in [0.2, 0.25) is 12.7 Å². The van der Waals surface area contributed by atoms with Crippen LogP contribution in [0, 0.1) is 11.8 Å². The number of pyridine rings is 1. The fourth-order valence-electron chi connectivity index (χ4n) is 4.63. The highest BCUT2D eigenvalue weighted by atomic mass is 16.7. The Hall–Kier alpha value is -2.80. The monoisotopic (exact) mass is 396 g/mol. The maximum atomic E-state index is 12.7. The summed E-state index contributed by atoms with van der Waals surface area (Å²) in [5, 5.41) is 10.6. The van der Waals surface area contributed by atoms with Gasteiger partial charge in [0.1, 0.15) is 11.9 Å². The van der Waals surface area contributed by atoms with Crippen molar-refractivity contribution in [3.63, 3.8) is 0 Å². The number of carbonyl (C=O) groups is 1. The van der Waals surface area contributed by atoms with Crippen molar-refractivity contribution in [3.05, 3.63) is 48.3 Å². The summed E-state index contributed by atoms with van der Waals surface area (Å²) in [6, 6.07) is 9.24. The molecule has 29 heavy (non-hydrogen) atoms. The van der Waals surface area contributed by atoms with Crippen LogP contribution in [0.4, 0.5) is 0 Å². The zero-order valence-electron chi connectivity index (χ0n) is 16.1. The molecular weight excluding hydrogens is 372 g/mol. The van der Waals surface area contributed by atoms with Gasteiger partial charge in [-0.25, -0.2) is 0 Å². The van der Waals surface area contributed by atoms with E-state index in [9.17, 15) is 9.90 Å². The number of benzene rings is 1. The van der Waals surface area contributed by atoms with Crippen molar-refractivity contribution in [1.29, 1.82) is 0 Å². The van der Waals surface area contributed by atoms with Crippen LogP contribution in [0.25, 0.3) is 0 Å². The van der Waals surface area contributed by atoms with Gasteiger partial charge in [0.15, 0.2) is 11.5 Å². The molecule has 2 aromatic rings. The highest BCUT2D eigenvalue weighted by Crippen LogP contribution is 2.40. The number of fused-ring (bicyclic) bond motifs is 2. The SMILES string of the molecule is O=C(Cc1cccnc1)N1C[C@H]2C[C@@H](Oc3ccc4c(c3)OCO4)[C@H](O)C[C@H]2C1. The Kier molecular flexibility index (Phi) is 4.75. The number of carbonyl (C=O) groups excluding carboxylic acids is 1. The van der Waals surface area contributed by atoms with E-state index < -0.39 is 6.10 Å². The molecule has 7 heteroatoms. The number of hydrogen-bond donors (Lipinski definition) is 1. The quantitative estimate of drug-likeness (QED) is 0.852. The highest BCUT2D eigenvalue weighted by molar-refractivity contribution is 5.79. The molecule has 1 aromatic heterocycles. The average Bonchev–Trinajstić information content (AvgIpc) is 3.35. The number of aromatic nitrogens is 1. The van der Waals surface area contributed by atoms with Gasteiger partial charge in [0.25, 0.3) is 0 Å². The number of hydrogen-bond acceptors (Lipinski definition) is 6. The maximum absolute atomic E-state index is 12.7. The summed E-state index contributed by atoms with van der Waals surface area (Å²) in [7, 11) is 0. The Morgan fingerprint density at radius 2 is 2.00 bits per heavy atom. The van der Waals surface area contributed by atoms with Gasteiger partial charge in [0, 0.05) is 31.5 Å². The molecule has 2 aliphatic heterocycles. The predicted molar refractivity (Wildman–Crippen MR) is 104 cm³/mol. The van der Waals surface area contributed by atoms with Crippen molar-refractivity contribution in [2.75, 3.05) is 19.9 Å². The minimum atomic E-state index is -0.546. The first-order valence-electron chi connectivity index (χ1n) is 10.1. The zero-order chi connectivity index (χ0) is 19.8. The average molecular weight is 396 g/mol. The Balaban J connectivity index is 1.21. The molecule has 1 saturated carbocycles. The highest BCUT2D eigenvalue weighted by Gasteiger charge is 2.43. The topological polar surface area (TPSA) is 81.1 Å². The van der Waals surface area contributed by atoms with Gasteiger partial charge < -0.3 is 24.2 Å². The molecular formula is C22H24N2O5. The van der Waals surface area contributed by atoms with Crippen LogP contribution in [-0.2, 0) is 11.2 Å². The van der Waals surface area contributed by atoms with E-state index in [1.165, 1.54) is 0 Å². The fraction of sp³-hybridized carbons (Fsp3) is 0.455. The molecule has 2 fully saturated rings. The molecule has 1 saturated heterocycles. The fourth-order valence-corrected chi connectivity index (χ4v) is 4.63. The molecule has 1 aromatic carbocycles. The molecule has 0 radical (unpaired) electrons. The molecule has 152 valence electrons. The van der Waals surface area contributed by atoms with Gasteiger partial charge in [-0.15, -0.1) is 0 Å². The lowest BCUT2D eigenvalue weighted by molar-refractivity contribution is -0.129. The van der Waals surface area contributed by atoms with Crippen LogP contribution in [0.3, 0.4) is 0 Å². The van der Waals surface area contributed by atoms with Gasteiger partial charge in [-0.1, -0.05) is 6.07 Å². The third kappa shape index (κ3) is 3.74. The lowest BCUT2D eigenvalue weighted by Gasteiger charge is -2.35. The molecule has 4 atom stereocenters. The van der Waals surface area contributed by atoms with Crippen molar-refractivity contribution in [1.82, 2.24) is 9.88 Å². The van der Waals surface area contributed by atoms with Crippen LogP contribution in [-0.4, -0.2) is 53.0 Å². The van der Waals surface area contributed by atoms with Crippen molar-refractivity contribution >= 4 is 5.91 Å². The second kappa shape index (κ2) is 7.55. The van der Waals surface area contributed by atoms with E-state index in [1.54, 1.807) is 18.5 Å². The van der Waals surface area contributed by atoms with Gasteiger partial charge in [-0.2, -0.15) is 0 Å². The summed E-state index contributed by atoms with van der Waals surface area (Å²) < 4.78 is 16.8. The van der Waals surface area contributed by atoms with Crippen LogP contribution < -0.4 is 14.2 Å². The first-order valence-corrected chi connectivity index (χ1v) is 10.1. The van der Waals surface area contributed by atoms with Crippen LogP contribution in [0.5, 0.6) is 17.2 Å². The molecule has 1 N–H and O–H groups in total. The van der Waals surface area contributed by atoms with E-state index in [0.717, 1.165) is 18.5 Å². The van der Waals surface area contributed by atoms with E-state index in [1.807, 2.05) is 29.2 Å². The molecule has 0 unspecified atom stereocenters. The molecule has 0 spiro atoms. The minimum Gasteiger partial charge on any atom is -0.488 e. The second-order valence-corrected chi connectivity index (χ2v) is 8.07. The Labute approximate surface area is 169 Å². The number of likely N-dealkylation sites (tertiary alicyclic amines) is 1. The van der Waals surface area contributed by atoms with Crippen LogP contribution in [0.15, 0.2) is 42.7 Å². The minimum absolute atomic E-state index is 0.120. The molecule has 3 aliphatic rings. The zero-order valence-corrected chi connectivity index (χ0v) is 16.1. The van der Waals surface area contributed by atoms with E-state index in [4.69, 9.17) is 14.2 Å². The normalized spacial score (nSPS) is 27.6. The predicted octanol–water partition coefficient (Wildman–Crippen LogP) is 2.03. The summed E-state index contributed by atoms with van der Waals surface area (Å²) in [5.74, 6) is 2.82. The van der Waals surface area contributed by atoms with Gasteiger partial charge in [-0.3, -0.25) is 9.78 Å². The Morgan fingerprint density at radius 1 is 1.17 bits per heavy atom. The molecule has 1 amide bonds. The standard InChI is InChI=1S/C22H24N2O5/c25-18-7-15-11-24(22(26)6-14-2-1-5-23-10-14)12-16(15)8-20(18)29-17-3-4-19-21(9-17)28-13-27-19/h1-5,9-10,15-16,18,20,25H,6-8,11-13H2/t15-,16+,18+,20+/m0/s1. The first kappa shape index (κ1) is 18.2. The molecule has 5 rings (SSSR count).